The maximum Gasteiger partial charge on any atom is 0.163 e. The Morgan fingerprint density at radius 3 is 2.52 bits per heavy atom. The van der Waals surface area contributed by atoms with Gasteiger partial charge in [-0.2, -0.15) is 0 Å². The first-order valence-electron chi connectivity index (χ1n) is 7.89. The zero-order valence-electron chi connectivity index (χ0n) is 14.0. The molecule has 0 aromatic heterocycles. The molecule has 1 heterocycles. The van der Waals surface area contributed by atoms with Crippen molar-refractivity contribution in [2.45, 2.75) is 64.4 Å². The van der Waals surface area contributed by atoms with Gasteiger partial charge in [-0.1, -0.05) is 44.2 Å². The summed E-state index contributed by atoms with van der Waals surface area (Å²) >= 11 is 0. The van der Waals surface area contributed by atoms with Crippen molar-refractivity contribution in [3.63, 3.8) is 0 Å². The largest absolute Gasteiger partial charge is 0.348 e. The Morgan fingerprint density at radius 2 is 1.95 bits per heavy atom. The molecule has 2 rings (SSSR count). The van der Waals surface area contributed by atoms with Crippen LogP contribution in [-0.2, 0) is 14.9 Å². The Hall–Kier alpha value is -0.900. The van der Waals surface area contributed by atoms with Crippen molar-refractivity contribution in [3.8, 4) is 0 Å². The molecular weight excluding hydrogens is 262 g/mol. The molecule has 1 saturated heterocycles. The zero-order chi connectivity index (χ0) is 15.5. The van der Waals surface area contributed by atoms with E-state index in [-0.39, 0.29) is 11.5 Å². The molecule has 1 fully saturated rings. The van der Waals surface area contributed by atoms with Crippen LogP contribution in [0.15, 0.2) is 30.3 Å². The number of hydrogen-bond donors (Lipinski definition) is 1. The van der Waals surface area contributed by atoms with E-state index in [2.05, 4.69) is 56.4 Å². The average molecular weight is 291 g/mol. The van der Waals surface area contributed by atoms with Crippen LogP contribution in [0, 0.1) is 0 Å². The van der Waals surface area contributed by atoms with Crippen molar-refractivity contribution in [1.29, 1.82) is 0 Å². The summed E-state index contributed by atoms with van der Waals surface area (Å²) in [6.45, 7) is 12.3. The molecule has 1 aromatic carbocycles. The lowest BCUT2D eigenvalue weighted by Gasteiger charge is -2.29. The van der Waals surface area contributed by atoms with Crippen molar-refractivity contribution < 1.29 is 9.47 Å². The van der Waals surface area contributed by atoms with E-state index in [1.807, 2.05) is 13.8 Å². The van der Waals surface area contributed by atoms with E-state index in [4.69, 9.17) is 9.47 Å². The van der Waals surface area contributed by atoms with Gasteiger partial charge in [0.25, 0.3) is 0 Å². The Balaban J connectivity index is 1.80. The summed E-state index contributed by atoms with van der Waals surface area (Å²) in [5.41, 5.74) is 1.56. The van der Waals surface area contributed by atoms with E-state index in [1.165, 1.54) is 5.56 Å². The summed E-state index contributed by atoms with van der Waals surface area (Å²) in [6.07, 6.45) is 1.25. The smallest absolute Gasteiger partial charge is 0.163 e. The van der Waals surface area contributed by atoms with Crippen LogP contribution in [0.3, 0.4) is 0 Å². The summed E-state index contributed by atoms with van der Waals surface area (Å²) in [6, 6.07) is 11.2. The molecule has 3 nitrogen and oxygen atoms in total. The molecule has 0 bridgehead atoms. The maximum absolute atomic E-state index is 5.83. The van der Waals surface area contributed by atoms with Crippen molar-refractivity contribution in [1.82, 2.24) is 5.32 Å². The van der Waals surface area contributed by atoms with Gasteiger partial charge in [-0.3, -0.25) is 0 Å². The van der Waals surface area contributed by atoms with Gasteiger partial charge < -0.3 is 14.8 Å². The fourth-order valence-corrected chi connectivity index (χ4v) is 3.04. The van der Waals surface area contributed by atoms with E-state index < -0.39 is 5.79 Å². The molecule has 0 spiro atoms. The molecule has 1 aromatic rings. The van der Waals surface area contributed by atoms with Crippen molar-refractivity contribution in [3.05, 3.63) is 35.9 Å². The Bertz CT molecular complexity index is 442. The normalized spacial score (nSPS) is 23.2. The fourth-order valence-electron chi connectivity index (χ4n) is 3.04. The van der Waals surface area contributed by atoms with E-state index in [0.29, 0.717) is 12.6 Å². The van der Waals surface area contributed by atoms with E-state index in [9.17, 15) is 0 Å². The van der Waals surface area contributed by atoms with Crippen LogP contribution in [0.25, 0.3) is 0 Å². The molecule has 3 heteroatoms. The summed E-state index contributed by atoms with van der Waals surface area (Å²) in [4.78, 5) is 0. The van der Waals surface area contributed by atoms with Crippen LogP contribution in [-0.4, -0.2) is 31.1 Å². The van der Waals surface area contributed by atoms with Gasteiger partial charge in [0.2, 0.25) is 0 Å². The molecule has 2 unspecified atom stereocenters. The molecule has 118 valence electrons. The van der Waals surface area contributed by atoms with Crippen molar-refractivity contribution in [2.24, 2.45) is 0 Å². The lowest BCUT2D eigenvalue weighted by atomic mass is 9.79. The third-order valence-corrected chi connectivity index (χ3v) is 4.13. The average Bonchev–Trinajstić information content (AvgIpc) is 2.77. The van der Waals surface area contributed by atoms with Gasteiger partial charge in [-0.25, -0.2) is 0 Å². The minimum absolute atomic E-state index is 0.155. The SMILES string of the molecule is CC(CC(C)(C)c1ccccc1)NCC1COC(C)(C)O1. The standard InChI is InChI=1S/C18H29NO2/c1-14(19-12-16-13-20-18(4,5)21-16)11-17(2,3)15-9-7-6-8-10-15/h6-10,14,16,19H,11-13H2,1-5H3. The number of benzene rings is 1. The van der Waals surface area contributed by atoms with Gasteiger partial charge in [0.15, 0.2) is 5.79 Å². The van der Waals surface area contributed by atoms with Gasteiger partial charge >= 0.3 is 0 Å². The third kappa shape index (κ3) is 4.80. The van der Waals surface area contributed by atoms with E-state index in [0.717, 1.165) is 13.0 Å². The quantitative estimate of drug-likeness (QED) is 0.870. The second-order valence-electron chi connectivity index (χ2n) is 7.21. The number of ether oxygens (including phenoxy) is 2. The number of nitrogens with one attached hydrogen (secondary N) is 1. The molecule has 2 atom stereocenters. The predicted molar refractivity (Wildman–Crippen MR) is 86.5 cm³/mol. The highest BCUT2D eigenvalue weighted by molar-refractivity contribution is 5.23. The second kappa shape index (κ2) is 6.47. The first kappa shape index (κ1) is 16.5. The van der Waals surface area contributed by atoms with Gasteiger partial charge in [-0.15, -0.1) is 0 Å². The van der Waals surface area contributed by atoms with Crippen LogP contribution in [0.4, 0.5) is 0 Å². The minimum Gasteiger partial charge on any atom is -0.348 e. The molecule has 1 N–H and O–H groups in total. The fraction of sp³-hybridized carbons (Fsp3) is 0.667. The van der Waals surface area contributed by atoms with Crippen LogP contribution < -0.4 is 5.32 Å². The van der Waals surface area contributed by atoms with Crippen LogP contribution in [0.5, 0.6) is 0 Å². The molecule has 0 amide bonds. The molecule has 0 aliphatic carbocycles. The third-order valence-electron chi connectivity index (χ3n) is 4.13. The second-order valence-corrected chi connectivity index (χ2v) is 7.21. The monoisotopic (exact) mass is 291 g/mol. The Kier molecular flexibility index (Phi) is 5.07. The molecule has 1 aliphatic heterocycles. The number of hydrogen-bond acceptors (Lipinski definition) is 3. The van der Waals surface area contributed by atoms with Gasteiger partial charge in [-0.05, 0) is 38.2 Å². The minimum atomic E-state index is -0.432. The Morgan fingerprint density at radius 1 is 1.29 bits per heavy atom. The Labute approximate surface area is 129 Å². The lowest BCUT2D eigenvalue weighted by molar-refractivity contribution is -0.137. The van der Waals surface area contributed by atoms with Crippen LogP contribution in [0.2, 0.25) is 0 Å². The molecule has 1 aliphatic rings. The lowest BCUT2D eigenvalue weighted by Crippen LogP contribution is -2.39. The van der Waals surface area contributed by atoms with Gasteiger partial charge in [0, 0.05) is 12.6 Å². The highest BCUT2D eigenvalue weighted by Gasteiger charge is 2.32. The highest BCUT2D eigenvalue weighted by Crippen LogP contribution is 2.28. The summed E-state index contributed by atoms with van der Waals surface area (Å²) < 4.78 is 11.4. The van der Waals surface area contributed by atoms with Crippen molar-refractivity contribution in [2.75, 3.05) is 13.2 Å². The van der Waals surface area contributed by atoms with Crippen molar-refractivity contribution >= 4 is 0 Å². The van der Waals surface area contributed by atoms with Crippen LogP contribution in [0.1, 0.15) is 46.6 Å². The molecule has 0 saturated carbocycles. The zero-order valence-corrected chi connectivity index (χ0v) is 14.0. The molecule has 21 heavy (non-hydrogen) atoms. The summed E-state index contributed by atoms with van der Waals surface area (Å²) in [7, 11) is 0. The topological polar surface area (TPSA) is 30.5 Å². The van der Waals surface area contributed by atoms with E-state index in [1.54, 1.807) is 0 Å². The summed E-state index contributed by atoms with van der Waals surface area (Å²) in [5.74, 6) is -0.432. The van der Waals surface area contributed by atoms with E-state index >= 15 is 0 Å². The molecular formula is C18H29NO2. The molecule has 0 radical (unpaired) electrons. The predicted octanol–water partition coefficient (Wildman–Crippen LogP) is 3.48. The first-order valence-corrected chi connectivity index (χ1v) is 7.89. The van der Waals surface area contributed by atoms with Crippen LogP contribution >= 0.6 is 0 Å². The highest BCUT2D eigenvalue weighted by atomic mass is 16.7. The first-order chi connectivity index (χ1) is 9.78. The maximum atomic E-state index is 5.83. The van der Waals surface area contributed by atoms with Gasteiger partial charge in [0.1, 0.15) is 0 Å². The number of rotatable bonds is 6. The summed E-state index contributed by atoms with van der Waals surface area (Å²) in [5, 5.41) is 3.58. The van der Waals surface area contributed by atoms with Gasteiger partial charge in [0.05, 0.1) is 12.7 Å².